The van der Waals surface area contributed by atoms with Crippen molar-refractivity contribution in [3.63, 3.8) is 0 Å². The smallest absolute Gasteiger partial charge is 0.216 e. The largest absolute Gasteiger partial charge is 0.481 e. The summed E-state index contributed by atoms with van der Waals surface area (Å²) in [7, 11) is 1.62. The topological polar surface area (TPSA) is 47.0 Å². The Bertz CT molecular complexity index is 584. The van der Waals surface area contributed by atoms with Crippen LogP contribution >= 0.6 is 0 Å². The zero-order valence-corrected chi connectivity index (χ0v) is 12.5. The van der Waals surface area contributed by atoms with Crippen molar-refractivity contribution in [1.29, 1.82) is 0 Å². The van der Waals surface area contributed by atoms with Crippen molar-refractivity contribution in [2.45, 2.75) is 26.8 Å². The Labute approximate surface area is 120 Å². The molecule has 0 fully saturated rings. The van der Waals surface area contributed by atoms with E-state index in [1.165, 1.54) is 16.7 Å². The quantitative estimate of drug-likeness (QED) is 0.908. The van der Waals surface area contributed by atoms with Gasteiger partial charge in [-0.2, -0.15) is 0 Å². The monoisotopic (exact) mass is 271 g/mol. The van der Waals surface area contributed by atoms with E-state index in [1.54, 1.807) is 13.4 Å². The van der Waals surface area contributed by atoms with Gasteiger partial charge in [-0.15, -0.1) is 0 Å². The number of aryl methyl sites for hydroxylation is 1. The fraction of sp³-hybridized carbons (Fsp3) is 0.375. The highest BCUT2D eigenvalue weighted by Gasteiger charge is 2.18. The van der Waals surface area contributed by atoms with Gasteiger partial charge in [0, 0.05) is 6.07 Å². The van der Waals surface area contributed by atoms with Gasteiger partial charge in [0.2, 0.25) is 5.88 Å². The molecule has 1 aromatic carbocycles. The minimum absolute atomic E-state index is 0.0526. The van der Waals surface area contributed by atoms with Crippen molar-refractivity contribution in [3.05, 3.63) is 53.0 Å². The molecule has 1 atom stereocenters. The number of nitrogens with zero attached hydrogens (tertiary/aromatic N) is 2. The molecule has 20 heavy (non-hydrogen) atoms. The van der Waals surface area contributed by atoms with Crippen LogP contribution in [-0.4, -0.2) is 23.6 Å². The molecule has 1 N–H and O–H groups in total. The number of nitrogens with one attached hydrogen (secondary N) is 1. The molecule has 0 radical (unpaired) electrons. The van der Waals surface area contributed by atoms with Gasteiger partial charge >= 0.3 is 0 Å². The molecule has 2 aromatic rings. The number of aromatic nitrogens is 2. The zero-order chi connectivity index (χ0) is 14.5. The summed E-state index contributed by atoms with van der Waals surface area (Å²) in [6.07, 6.45) is 1.55. The summed E-state index contributed by atoms with van der Waals surface area (Å²) in [6, 6.07) is 8.29. The zero-order valence-electron chi connectivity index (χ0n) is 12.5. The van der Waals surface area contributed by atoms with E-state index in [2.05, 4.69) is 54.3 Å². The van der Waals surface area contributed by atoms with Gasteiger partial charge in [-0.05, 0) is 37.1 Å². The van der Waals surface area contributed by atoms with Gasteiger partial charge in [-0.3, -0.25) is 0 Å². The molecular weight excluding hydrogens is 250 g/mol. The van der Waals surface area contributed by atoms with Crippen molar-refractivity contribution in [1.82, 2.24) is 15.3 Å². The van der Waals surface area contributed by atoms with Crippen LogP contribution in [-0.2, 0) is 0 Å². The van der Waals surface area contributed by atoms with Crippen LogP contribution in [0.25, 0.3) is 0 Å². The van der Waals surface area contributed by atoms with Crippen LogP contribution in [0.4, 0.5) is 0 Å². The molecule has 0 saturated carbocycles. The molecule has 4 nitrogen and oxygen atoms in total. The fourth-order valence-electron chi connectivity index (χ4n) is 2.29. The molecule has 106 valence electrons. The third-order valence-electron chi connectivity index (χ3n) is 3.53. The minimum Gasteiger partial charge on any atom is -0.481 e. The second-order valence-electron chi connectivity index (χ2n) is 4.77. The van der Waals surface area contributed by atoms with E-state index < -0.39 is 0 Å². The van der Waals surface area contributed by atoms with E-state index in [9.17, 15) is 0 Å². The lowest BCUT2D eigenvalue weighted by atomic mass is 9.95. The van der Waals surface area contributed by atoms with Crippen molar-refractivity contribution < 1.29 is 4.74 Å². The Balaban J connectivity index is 2.47. The van der Waals surface area contributed by atoms with Crippen LogP contribution in [0, 0.1) is 13.8 Å². The Hall–Kier alpha value is -1.94. The third kappa shape index (κ3) is 2.96. The van der Waals surface area contributed by atoms with Crippen molar-refractivity contribution in [2.75, 3.05) is 13.7 Å². The van der Waals surface area contributed by atoms with E-state index in [1.807, 2.05) is 6.07 Å². The SMILES string of the molecule is CCNC(c1cc(OC)ncn1)c1cccc(C)c1C. The van der Waals surface area contributed by atoms with Crippen LogP contribution in [0.1, 0.15) is 35.3 Å². The van der Waals surface area contributed by atoms with Crippen LogP contribution in [0.2, 0.25) is 0 Å². The van der Waals surface area contributed by atoms with Crippen LogP contribution in [0.15, 0.2) is 30.6 Å². The summed E-state index contributed by atoms with van der Waals surface area (Å²) in [4.78, 5) is 8.47. The van der Waals surface area contributed by atoms with Crippen molar-refractivity contribution in [2.24, 2.45) is 0 Å². The average Bonchev–Trinajstić information content (AvgIpc) is 2.48. The Kier molecular flexibility index (Phi) is 4.69. The number of rotatable bonds is 5. The molecule has 0 aliphatic heterocycles. The molecule has 0 bridgehead atoms. The fourth-order valence-corrected chi connectivity index (χ4v) is 2.29. The second-order valence-corrected chi connectivity index (χ2v) is 4.77. The Morgan fingerprint density at radius 1 is 1.25 bits per heavy atom. The van der Waals surface area contributed by atoms with Crippen molar-refractivity contribution >= 4 is 0 Å². The van der Waals surface area contributed by atoms with Gasteiger partial charge in [0.1, 0.15) is 6.33 Å². The number of ether oxygens (including phenoxy) is 1. The van der Waals surface area contributed by atoms with Gasteiger partial charge in [0.25, 0.3) is 0 Å². The lowest BCUT2D eigenvalue weighted by Gasteiger charge is -2.21. The van der Waals surface area contributed by atoms with E-state index in [4.69, 9.17) is 4.74 Å². The lowest BCUT2D eigenvalue weighted by Crippen LogP contribution is -2.24. The first-order valence-electron chi connectivity index (χ1n) is 6.82. The molecule has 0 aliphatic rings. The first-order valence-corrected chi connectivity index (χ1v) is 6.82. The van der Waals surface area contributed by atoms with Crippen LogP contribution in [0.3, 0.4) is 0 Å². The molecule has 1 aromatic heterocycles. The number of benzene rings is 1. The third-order valence-corrected chi connectivity index (χ3v) is 3.53. The summed E-state index contributed by atoms with van der Waals surface area (Å²) in [5.41, 5.74) is 4.74. The van der Waals surface area contributed by atoms with Gasteiger partial charge in [0.15, 0.2) is 0 Å². The molecule has 0 spiro atoms. The highest BCUT2D eigenvalue weighted by molar-refractivity contribution is 5.39. The molecule has 2 rings (SSSR count). The summed E-state index contributed by atoms with van der Waals surface area (Å²) >= 11 is 0. The molecule has 4 heteroatoms. The predicted molar refractivity (Wildman–Crippen MR) is 80.0 cm³/mol. The number of methoxy groups -OCH3 is 1. The molecule has 0 saturated heterocycles. The summed E-state index contributed by atoms with van der Waals surface area (Å²) in [6.45, 7) is 7.23. The van der Waals surface area contributed by atoms with Gasteiger partial charge in [-0.1, -0.05) is 25.1 Å². The van der Waals surface area contributed by atoms with Crippen LogP contribution in [0.5, 0.6) is 5.88 Å². The second kappa shape index (κ2) is 6.48. The number of hydrogen-bond donors (Lipinski definition) is 1. The predicted octanol–water partition coefficient (Wildman–Crippen LogP) is 2.80. The molecule has 1 unspecified atom stereocenters. The first kappa shape index (κ1) is 14.5. The summed E-state index contributed by atoms with van der Waals surface area (Å²) < 4.78 is 5.19. The molecular formula is C16H21N3O. The summed E-state index contributed by atoms with van der Waals surface area (Å²) in [5.74, 6) is 0.586. The van der Waals surface area contributed by atoms with E-state index in [-0.39, 0.29) is 6.04 Å². The Morgan fingerprint density at radius 3 is 2.75 bits per heavy atom. The van der Waals surface area contributed by atoms with E-state index >= 15 is 0 Å². The highest BCUT2D eigenvalue weighted by Crippen LogP contribution is 2.26. The van der Waals surface area contributed by atoms with Crippen LogP contribution < -0.4 is 10.1 Å². The molecule has 0 amide bonds. The maximum atomic E-state index is 5.19. The minimum atomic E-state index is 0.0526. The average molecular weight is 271 g/mol. The normalized spacial score (nSPS) is 12.2. The maximum Gasteiger partial charge on any atom is 0.216 e. The van der Waals surface area contributed by atoms with Crippen molar-refractivity contribution in [3.8, 4) is 5.88 Å². The standard InChI is InChI=1S/C16H21N3O/c1-5-17-16(13-8-6-7-11(2)12(13)3)14-9-15(20-4)19-10-18-14/h6-10,16-17H,5H2,1-4H3. The first-order chi connectivity index (χ1) is 9.67. The highest BCUT2D eigenvalue weighted by atomic mass is 16.5. The Morgan fingerprint density at radius 2 is 2.05 bits per heavy atom. The maximum absolute atomic E-state index is 5.19. The lowest BCUT2D eigenvalue weighted by molar-refractivity contribution is 0.395. The van der Waals surface area contributed by atoms with Gasteiger partial charge in [0.05, 0.1) is 18.8 Å². The van der Waals surface area contributed by atoms with E-state index in [0.29, 0.717) is 5.88 Å². The summed E-state index contributed by atoms with van der Waals surface area (Å²) in [5, 5.41) is 3.49. The van der Waals surface area contributed by atoms with Gasteiger partial charge in [-0.25, -0.2) is 9.97 Å². The van der Waals surface area contributed by atoms with E-state index in [0.717, 1.165) is 12.2 Å². The molecule has 1 heterocycles. The van der Waals surface area contributed by atoms with Gasteiger partial charge < -0.3 is 10.1 Å². The number of hydrogen-bond acceptors (Lipinski definition) is 4. The molecule has 0 aliphatic carbocycles.